The molecule has 0 aliphatic carbocycles. The number of halogens is 1. The summed E-state index contributed by atoms with van der Waals surface area (Å²) in [5.74, 6) is 0.920. The second-order valence-electron chi connectivity index (χ2n) is 8.83. The highest BCUT2D eigenvalue weighted by Crippen LogP contribution is 2.24. The van der Waals surface area contributed by atoms with E-state index in [0.717, 1.165) is 51.6 Å². The lowest BCUT2D eigenvalue weighted by Gasteiger charge is -2.34. The summed E-state index contributed by atoms with van der Waals surface area (Å²) in [6.45, 7) is 14.7. The number of nitrogens with zero attached hydrogens (tertiary/aromatic N) is 3. The molecule has 2 aliphatic rings. The first-order chi connectivity index (χ1) is 14.7. The molecule has 0 radical (unpaired) electrons. The van der Waals surface area contributed by atoms with Crippen molar-refractivity contribution in [3.63, 3.8) is 0 Å². The van der Waals surface area contributed by atoms with Crippen molar-refractivity contribution in [2.24, 2.45) is 4.99 Å². The van der Waals surface area contributed by atoms with E-state index in [1.165, 1.54) is 51.1 Å². The number of unbranched alkanes of at least 4 members (excludes halogenated alkanes) is 1. The number of piperazine rings is 1. The van der Waals surface area contributed by atoms with Crippen molar-refractivity contribution in [3.8, 4) is 0 Å². The third-order valence-electron chi connectivity index (χ3n) is 6.12. The first kappa shape index (κ1) is 26.4. The molecule has 2 N–H and O–H groups in total. The summed E-state index contributed by atoms with van der Waals surface area (Å²) in [6, 6.07) is 10.8. The Bertz CT molecular complexity index is 628. The molecule has 0 bridgehead atoms. The molecule has 3 rings (SSSR count). The predicted octanol–water partition coefficient (Wildman–Crippen LogP) is 3.33. The molecule has 2 saturated heterocycles. The minimum atomic E-state index is -0.0784. The van der Waals surface area contributed by atoms with Gasteiger partial charge in [-0.3, -0.25) is 9.89 Å². The van der Waals surface area contributed by atoms with E-state index in [1.807, 2.05) is 0 Å². The van der Waals surface area contributed by atoms with Crippen molar-refractivity contribution in [1.82, 2.24) is 20.4 Å². The third kappa shape index (κ3) is 9.63. The molecule has 176 valence electrons. The summed E-state index contributed by atoms with van der Waals surface area (Å²) >= 11 is 0. The summed E-state index contributed by atoms with van der Waals surface area (Å²) in [4.78, 5) is 9.93. The highest BCUT2D eigenvalue weighted by atomic mass is 127. The summed E-state index contributed by atoms with van der Waals surface area (Å²) in [6.07, 6.45) is 4.65. The van der Waals surface area contributed by atoms with Crippen LogP contribution >= 0.6 is 24.0 Å². The van der Waals surface area contributed by atoms with Gasteiger partial charge in [0.25, 0.3) is 0 Å². The van der Waals surface area contributed by atoms with Crippen LogP contribution in [0.1, 0.15) is 45.1 Å². The Labute approximate surface area is 206 Å². The molecule has 0 aromatic heterocycles. The number of hydrogen-bond donors (Lipinski definition) is 2. The van der Waals surface area contributed by atoms with Crippen LogP contribution in [0.15, 0.2) is 35.3 Å². The number of benzene rings is 1. The van der Waals surface area contributed by atoms with E-state index >= 15 is 0 Å². The number of hydrogen-bond acceptors (Lipinski definition) is 4. The fourth-order valence-electron chi connectivity index (χ4n) is 4.23. The van der Waals surface area contributed by atoms with Gasteiger partial charge in [-0.05, 0) is 51.6 Å². The van der Waals surface area contributed by atoms with Gasteiger partial charge in [0, 0.05) is 52.4 Å². The summed E-state index contributed by atoms with van der Waals surface area (Å²) < 4.78 is 5.85. The highest BCUT2D eigenvalue weighted by molar-refractivity contribution is 14.0. The number of ether oxygens (including phenoxy) is 1. The molecule has 1 aromatic rings. The molecule has 1 unspecified atom stereocenters. The van der Waals surface area contributed by atoms with Gasteiger partial charge >= 0.3 is 0 Å². The first-order valence-corrected chi connectivity index (χ1v) is 11.8. The number of nitrogens with one attached hydrogen (secondary N) is 2. The fraction of sp³-hybridized carbons (Fsp3) is 0.708. The maximum Gasteiger partial charge on any atom is 0.191 e. The summed E-state index contributed by atoms with van der Waals surface area (Å²) in [5.41, 5.74) is 1.34. The minimum absolute atomic E-state index is 0. The molecule has 0 amide bonds. The average Bonchev–Trinajstić information content (AvgIpc) is 3.20. The lowest BCUT2D eigenvalue weighted by molar-refractivity contribution is 0.0283. The smallest absolute Gasteiger partial charge is 0.191 e. The zero-order valence-corrected chi connectivity index (χ0v) is 21.8. The van der Waals surface area contributed by atoms with Crippen molar-refractivity contribution in [1.29, 1.82) is 0 Å². The Kier molecular flexibility index (Phi) is 12.1. The zero-order chi connectivity index (χ0) is 21.1. The maximum atomic E-state index is 5.85. The van der Waals surface area contributed by atoms with Crippen molar-refractivity contribution >= 4 is 29.9 Å². The van der Waals surface area contributed by atoms with Gasteiger partial charge in [0.2, 0.25) is 0 Å². The summed E-state index contributed by atoms with van der Waals surface area (Å²) in [7, 11) is 0. The van der Waals surface area contributed by atoms with E-state index < -0.39 is 0 Å². The molecular weight excluding hydrogens is 501 g/mol. The SMILES string of the molecule is CCNC(=NCC1(C)CCCO1)NCCCCN1CCN(Cc2ccccc2)CC1.I. The van der Waals surface area contributed by atoms with Crippen LogP contribution < -0.4 is 10.6 Å². The molecule has 31 heavy (non-hydrogen) atoms. The third-order valence-corrected chi connectivity index (χ3v) is 6.12. The number of aliphatic imine (C=N–C) groups is 1. The Morgan fingerprint density at radius 3 is 2.48 bits per heavy atom. The fourth-order valence-corrected chi connectivity index (χ4v) is 4.23. The average molecular weight is 544 g/mol. The van der Waals surface area contributed by atoms with Crippen LogP contribution in [0.4, 0.5) is 0 Å². The van der Waals surface area contributed by atoms with Gasteiger partial charge in [-0.25, -0.2) is 0 Å². The van der Waals surface area contributed by atoms with E-state index in [2.05, 4.69) is 64.6 Å². The van der Waals surface area contributed by atoms with Gasteiger partial charge in [0.05, 0.1) is 12.1 Å². The van der Waals surface area contributed by atoms with E-state index in [-0.39, 0.29) is 29.6 Å². The van der Waals surface area contributed by atoms with Crippen LogP contribution in [0, 0.1) is 0 Å². The number of guanidine groups is 1. The lowest BCUT2D eigenvalue weighted by Crippen LogP contribution is -2.46. The predicted molar refractivity (Wildman–Crippen MR) is 140 cm³/mol. The largest absolute Gasteiger partial charge is 0.373 e. The topological polar surface area (TPSA) is 52.1 Å². The quantitative estimate of drug-likeness (QED) is 0.205. The molecular formula is C24H42IN5O. The number of rotatable bonds is 10. The molecule has 7 heteroatoms. The molecule has 2 heterocycles. The molecule has 0 spiro atoms. The zero-order valence-electron chi connectivity index (χ0n) is 19.4. The van der Waals surface area contributed by atoms with Crippen LogP contribution in [-0.4, -0.2) is 80.3 Å². The summed E-state index contributed by atoms with van der Waals surface area (Å²) in [5, 5.41) is 6.85. The van der Waals surface area contributed by atoms with Crippen molar-refractivity contribution in [2.75, 3.05) is 59.0 Å². The van der Waals surface area contributed by atoms with E-state index in [0.29, 0.717) is 0 Å². The van der Waals surface area contributed by atoms with Gasteiger partial charge in [-0.15, -0.1) is 24.0 Å². The van der Waals surface area contributed by atoms with Gasteiger partial charge in [-0.2, -0.15) is 0 Å². The van der Waals surface area contributed by atoms with Crippen molar-refractivity contribution in [3.05, 3.63) is 35.9 Å². The lowest BCUT2D eigenvalue weighted by atomic mass is 10.0. The van der Waals surface area contributed by atoms with Gasteiger partial charge < -0.3 is 20.3 Å². The van der Waals surface area contributed by atoms with Crippen LogP contribution in [0.3, 0.4) is 0 Å². The van der Waals surface area contributed by atoms with Crippen LogP contribution in [0.25, 0.3) is 0 Å². The second kappa shape index (κ2) is 14.3. The second-order valence-corrected chi connectivity index (χ2v) is 8.83. The molecule has 1 atom stereocenters. The van der Waals surface area contributed by atoms with Gasteiger partial charge in [-0.1, -0.05) is 30.3 Å². The van der Waals surface area contributed by atoms with E-state index in [1.54, 1.807) is 0 Å². The Balaban J connectivity index is 0.00000341. The normalized spacial score (nSPS) is 22.8. The molecule has 2 fully saturated rings. The van der Waals surface area contributed by atoms with Crippen LogP contribution in [0.2, 0.25) is 0 Å². The maximum absolute atomic E-state index is 5.85. The molecule has 0 saturated carbocycles. The Hall–Kier alpha value is -0.900. The molecule has 2 aliphatic heterocycles. The monoisotopic (exact) mass is 543 g/mol. The standard InChI is InChI=1S/C24H41N5O.HI/c1-3-25-23(27-21-24(2)12-9-19-30-24)26-13-7-8-14-28-15-17-29(18-16-28)20-22-10-5-4-6-11-22;/h4-6,10-11H,3,7-9,12-21H2,1-2H3,(H2,25,26,27);1H. The van der Waals surface area contributed by atoms with E-state index in [9.17, 15) is 0 Å². The van der Waals surface area contributed by atoms with Crippen LogP contribution in [0.5, 0.6) is 0 Å². The molecule has 6 nitrogen and oxygen atoms in total. The van der Waals surface area contributed by atoms with Crippen molar-refractivity contribution in [2.45, 2.75) is 51.7 Å². The van der Waals surface area contributed by atoms with Crippen LogP contribution in [-0.2, 0) is 11.3 Å². The molecule has 1 aromatic carbocycles. The highest BCUT2D eigenvalue weighted by Gasteiger charge is 2.29. The Morgan fingerprint density at radius 1 is 1.06 bits per heavy atom. The minimum Gasteiger partial charge on any atom is -0.373 e. The van der Waals surface area contributed by atoms with E-state index in [4.69, 9.17) is 9.73 Å². The van der Waals surface area contributed by atoms with Gasteiger partial charge in [0.1, 0.15) is 0 Å². The van der Waals surface area contributed by atoms with Crippen molar-refractivity contribution < 1.29 is 4.74 Å². The van der Waals surface area contributed by atoms with Gasteiger partial charge in [0.15, 0.2) is 5.96 Å². The Morgan fingerprint density at radius 2 is 1.81 bits per heavy atom. The first-order valence-electron chi connectivity index (χ1n) is 11.8.